The van der Waals surface area contributed by atoms with Crippen LogP contribution in [0, 0.1) is 0 Å². The molecule has 0 radical (unpaired) electrons. The van der Waals surface area contributed by atoms with Crippen LogP contribution in [0.1, 0.15) is 24.1 Å². The van der Waals surface area contributed by atoms with Gasteiger partial charge in [0, 0.05) is 36.0 Å². The molecular formula is C16H17ClN6O. The van der Waals surface area contributed by atoms with Gasteiger partial charge in [-0.2, -0.15) is 10.1 Å². The van der Waals surface area contributed by atoms with E-state index < -0.39 is 0 Å². The molecule has 3 aromatic rings. The minimum absolute atomic E-state index is 0.430. The van der Waals surface area contributed by atoms with E-state index >= 15 is 0 Å². The van der Waals surface area contributed by atoms with E-state index in [-0.39, 0.29) is 0 Å². The Hall–Kier alpha value is -2.25. The standard InChI is InChI=1S/C16H17ClN6O/c17-13-3-1-11(2-4-13)16-20-14(24-22-16)6-8-23-7-5-12(9-23)15-18-10-19-21-15/h1-4,10,12H,5-9H2,(H,18,19,21)/t12-/m1/s1. The van der Waals surface area contributed by atoms with Crippen molar-refractivity contribution in [3.8, 4) is 11.4 Å². The molecule has 1 atom stereocenters. The maximum absolute atomic E-state index is 5.90. The smallest absolute Gasteiger partial charge is 0.228 e. The molecule has 1 aliphatic rings. The van der Waals surface area contributed by atoms with Crippen molar-refractivity contribution >= 4 is 11.6 Å². The lowest BCUT2D eigenvalue weighted by Crippen LogP contribution is -2.23. The largest absolute Gasteiger partial charge is 0.339 e. The van der Waals surface area contributed by atoms with Gasteiger partial charge in [-0.25, -0.2) is 4.98 Å². The molecular weight excluding hydrogens is 328 g/mol. The average Bonchev–Trinajstić information content (AvgIpc) is 3.34. The monoisotopic (exact) mass is 344 g/mol. The predicted molar refractivity (Wildman–Crippen MR) is 88.6 cm³/mol. The molecule has 1 fully saturated rings. The van der Waals surface area contributed by atoms with E-state index in [4.69, 9.17) is 16.1 Å². The first-order valence-electron chi connectivity index (χ1n) is 7.94. The molecule has 1 saturated heterocycles. The summed E-state index contributed by atoms with van der Waals surface area (Å²) in [6, 6.07) is 7.42. The Morgan fingerprint density at radius 1 is 1.29 bits per heavy atom. The fraction of sp³-hybridized carbons (Fsp3) is 0.375. The van der Waals surface area contributed by atoms with Crippen molar-refractivity contribution in [3.05, 3.63) is 47.3 Å². The van der Waals surface area contributed by atoms with E-state index in [1.54, 1.807) is 6.33 Å². The molecule has 0 bridgehead atoms. The number of aromatic amines is 1. The van der Waals surface area contributed by atoms with Crippen molar-refractivity contribution in [1.82, 2.24) is 30.2 Å². The molecule has 0 unspecified atom stereocenters. The van der Waals surface area contributed by atoms with Crippen molar-refractivity contribution in [2.45, 2.75) is 18.8 Å². The van der Waals surface area contributed by atoms with Crippen LogP contribution in [-0.2, 0) is 6.42 Å². The molecule has 8 heteroatoms. The van der Waals surface area contributed by atoms with Crippen LogP contribution in [-0.4, -0.2) is 49.9 Å². The van der Waals surface area contributed by atoms with Gasteiger partial charge in [-0.1, -0.05) is 16.8 Å². The Balaban J connectivity index is 1.33. The second-order valence-corrected chi connectivity index (χ2v) is 6.36. The van der Waals surface area contributed by atoms with E-state index in [2.05, 4.69) is 30.2 Å². The number of benzene rings is 1. The van der Waals surface area contributed by atoms with Crippen molar-refractivity contribution in [2.24, 2.45) is 0 Å². The number of aromatic nitrogens is 5. The number of H-pyrrole nitrogens is 1. The number of nitrogens with zero attached hydrogens (tertiary/aromatic N) is 5. The average molecular weight is 345 g/mol. The molecule has 7 nitrogen and oxygen atoms in total. The van der Waals surface area contributed by atoms with Gasteiger partial charge in [0.05, 0.1) is 0 Å². The van der Waals surface area contributed by atoms with E-state index in [1.165, 1.54) is 0 Å². The zero-order valence-corrected chi connectivity index (χ0v) is 13.8. The van der Waals surface area contributed by atoms with Gasteiger partial charge in [0.2, 0.25) is 11.7 Å². The Bertz CT molecular complexity index is 785. The summed E-state index contributed by atoms with van der Waals surface area (Å²) in [7, 11) is 0. The molecule has 1 N–H and O–H groups in total. The Labute approximate surface area is 144 Å². The minimum atomic E-state index is 0.430. The van der Waals surface area contributed by atoms with Gasteiger partial charge in [0.1, 0.15) is 12.2 Å². The quantitative estimate of drug-likeness (QED) is 0.765. The maximum Gasteiger partial charge on any atom is 0.228 e. The van der Waals surface area contributed by atoms with Crippen LogP contribution >= 0.6 is 11.6 Å². The highest BCUT2D eigenvalue weighted by Gasteiger charge is 2.25. The molecule has 0 amide bonds. The van der Waals surface area contributed by atoms with Gasteiger partial charge < -0.3 is 9.42 Å². The zero-order chi connectivity index (χ0) is 16.4. The van der Waals surface area contributed by atoms with Crippen LogP contribution < -0.4 is 0 Å². The fourth-order valence-electron chi connectivity index (χ4n) is 3.00. The summed E-state index contributed by atoms with van der Waals surface area (Å²) in [4.78, 5) is 11.1. The molecule has 1 aliphatic heterocycles. The number of rotatable bonds is 5. The maximum atomic E-state index is 5.90. The minimum Gasteiger partial charge on any atom is -0.339 e. The summed E-state index contributed by atoms with van der Waals surface area (Å²) < 4.78 is 5.36. The van der Waals surface area contributed by atoms with Gasteiger partial charge in [0.15, 0.2) is 0 Å². The molecule has 2 aromatic heterocycles. The number of nitrogens with one attached hydrogen (secondary N) is 1. The first-order chi connectivity index (χ1) is 11.8. The highest BCUT2D eigenvalue weighted by molar-refractivity contribution is 6.30. The summed E-state index contributed by atoms with van der Waals surface area (Å²) in [6.45, 7) is 2.92. The molecule has 24 heavy (non-hydrogen) atoms. The first kappa shape index (κ1) is 15.3. The van der Waals surface area contributed by atoms with Crippen LogP contribution in [0.3, 0.4) is 0 Å². The fourth-order valence-corrected chi connectivity index (χ4v) is 3.12. The highest BCUT2D eigenvalue weighted by atomic mass is 35.5. The molecule has 124 valence electrons. The van der Waals surface area contributed by atoms with Gasteiger partial charge in [-0.15, -0.1) is 0 Å². The third kappa shape index (κ3) is 3.32. The lowest BCUT2D eigenvalue weighted by molar-refractivity contribution is 0.308. The highest BCUT2D eigenvalue weighted by Crippen LogP contribution is 2.24. The van der Waals surface area contributed by atoms with Crippen molar-refractivity contribution in [3.63, 3.8) is 0 Å². The second-order valence-electron chi connectivity index (χ2n) is 5.93. The summed E-state index contributed by atoms with van der Waals surface area (Å²) in [5.41, 5.74) is 0.904. The lowest BCUT2D eigenvalue weighted by Gasteiger charge is -2.13. The number of hydrogen-bond donors (Lipinski definition) is 1. The summed E-state index contributed by atoms with van der Waals surface area (Å²) in [6.07, 6.45) is 3.40. The van der Waals surface area contributed by atoms with Gasteiger partial charge in [-0.3, -0.25) is 5.10 Å². The number of likely N-dealkylation sites (tertiary alicyclic amines) is 1. The molecule has 1 aromatic carbocycles. The SMILES string of the molecule is Clc1ccc(-c2noc(CCN3CC[C@@H](c4ncn[nH]4)C3)n2)cc1. The Kier molecular flexibility index (Phi) is 4.27. The first-order valence-corrected chi connectivity index (χ1v) is 8.32. The number of halogens is 1. The van der Waals surface area contributed by atoms with Crippen LogP contribution in [0.25, 0.3) is 11.4 Å². The van der Waals surface area contributed by atoms with Crippen molar-refractivity contribution < 1.29 is 4.52 Å². The summed E-state index contributed by atoms with van der Waals surface area (Å²) >= 11 is 5.90. The van der Waals surface area contributed by atoms with Crippen LogP contribution in [0.4, 0.5) is 0 Å². The van der Waals surface area contributed by atoms with Gasteiger partial charge >= 0.3 is 0 Å². The van der Waals surface area contributed by atoms with Crippen molar-refractivity contribution in [1.29, 1.82) is 0 Å². The third-order valence-electron chi connectivity index (χ3n) is 4.31. The molecule has 0 aliphatic carbocycles. The lowest BCUT2D eigenvalue weighted by atomic mass is 10.1. The Morgan fingerprint density at radius 2 is 2.17 bits per heavy atom. The van der Waals surface area contributed by atoms with E-state index in [0.717, 1.165) is 43.9 Å². The molecule has 0 spiro atoms. The normalized spacial score (nSPS) is 18.3. The predicted octanol–water partition coefficient (Wildman–Crippen LogP) is 2.54. The van der Waals surface area contributed by atoms with E-state index in [9.17, 15) is 0 Å². The topological polar surface area (TPSA) is 83.7 Å². The molecule has 4 rings (SSSR count). The second kappa shape index (κ2) is 6.70. The van der Waals surface area contributed by atoms with Crippen LogP contribution in [0.15, 0.2) is 35.1 Å². The third-order valence-corrected chi connectivity index (χ3v) is 4.56. The zero-order valence-electron chi connectivity index (χ0n) is 13.0. The van der Waals surface area contributed by atoms with Gasteiger partial charge in [0.25, 0.3) is 0 Å². The summed E-state index contributed by atoms with van der Waals surface area (Å²) in [5, 5.41) is 11.6. The van der Waals surface area contributed by atoms with Crippen LogP contribution in [0.2, 0.25) is 5.02 Å². The van der Waals surface area contributed by atoms with Crippen LogP contribution in [0.5, 0.6) is 0 Å². The molecule has 0 saturated carbocycles. The van der Waals surface area contributed by atoms with E-state index in [1.807, 2.05) is 24.3 Å². The molecule has 3 heterocycles. The number of hydrogen-bond acceptors (Lipinski definition) is 6. The summed E-state index contributed by atoms with van der Waals surface area (Å²) in [5.74, 6) is 2.66. The van der Waals surface area contributed by atoms with E-state index in [0.29, 0.717) is 22.7 Å². The van der Waals surface area contributed by atoms with Crippen molar-refractivity contribution in [2.75, 3.05) is 19.6 Å². The Morgan fingerprint density at radius 3 is 2.96 bits per heavy atom. The van der Waals surface area contributed by atoms with Gasteiger partial charge in [-0.05, 0) is 37.2 Å².